The molecule has 1 heterocycles. The summed E-state index contributed by atoms with van der Waals surface area (Å²) in [5.41, 5.74) is 1.21. The Balaban J connectivity index is 2.77. The third kappa shape index (κ3) is 1.34. The van der Waals surface area contributed by atoms with Gasteiger partial charge in [0.2, 0.25) is 0 Å². The Morgan fingerprint density at radius 3 is 2.92 bits per heavy atom. The van der Waals surface area contributed by atoms with Gasteiger partial charge in [-0.15, -0.1) is 0 Å². The monoisotopic (exact) mass is 172 g/mol. The molecule has 0 radical (unpaired) electrons. The Bertz CT molecular complexity index is 500. The van der Waals surface area contributed by atoms with E-state index < -0.39 is 0 Å². The highest BCUT2D eigenvalue weighted by Gasteiger charge is 1.98. The number of nitrogens with zero attached hydrogens (tertiary/aromatic N) is 2. The molecule has 1 aromatic heterocycles. The fourth-order valence-electron chi connectivity index (χ4n) is 1.17. The summed E-state index contributed by atoms with van der Waals surface area (Å²) in [6.45, 7) is 0. The molecule has 0 saturated heterocycles. The summed E-state index contributed by atoms with van der Waals surface area (Å²) in [6, 6.07) is 8.33. The molecular weight excluding hydrogens is 167 g/mol. The van der Waals surface area contributed by atoms with Crippen LogP contribution in [0.1, 0.15) is 5.56 Å². The molecule has 0 aliphatic carbocycles. The number of rotatable bonds is 0. The Morgan fingerprint density at radius 2 is 2.15 bits per heavy atom. The van der Waals surface area contributed by atoms with E-state index in [1.165, 1.54) is 6.07 Å². The van der Waals surface area contributed by atoms with Gasteiger partial charge in [-0.25, -0.2) is 4.39 Å². The van der Waals surface area contributed by atoms with Crippen molar-refractivity contribution in [2.24, 2.45) is 0 Å². The second-order valence-electron chi connectivity index (χ2n) is 2.67. The van der Waals surface area contributed by atoms with Crippen molar-refractivity contribution in [2.75, 3.05) is 0 Å². The van der Waals surface area contributed by atoms with Crippen LogP contribution < -0.4 is 0 Å². The predicted octanol–water partition coefficient (Wildman–Crippen LogP) is 2.25. The lowest BCUT2D eigenvalue weighted by Crippen LogP contribution is -1.82. The van der Waals surface area contributed by atoms with E-state index in [0.29, 0.717) is 16.5 Å². The molecule has 0 spiro atoms. The van der Waals surface area contributed by atoms with Gasteiger partial charge in [0, 0.05) is 5.39 Å². The van der Waals surface area contributed by atoms with Crippen molar-refractivity contribution >= 4 is 10.9 Å². The van der Waals surface area contributed by atoms with Gasteiger partial charge < -0.3 is 0 Å². The number of nitriles is 1. The summed E-state index contributed by atoms with van der Waals surface area (Å²) in [7, 11) is 0. The number of halogens is 1. The lowest BCUT2D eigenvalue weighted by Gasteiger charge is -1.96. The third-order valence-electron chi connectivity index (χ3n) is 1.78. The predicted molar refractivity (Wildman–Crippen MR) is 46.4 cm³/mol. The number of hydrogen-bond acceptors (Lipinski definition) is 2. The van der Waals surface area contributed by atoms with Crippen LogP contribution in [0.4, 0.5) is 4.39 Å². The zero-order valence-corrected chi connectivity index (χ0v) is 6.66. The zero-order valence-electron chi connectivity index (χ0n) is 6.66. The van der Waals surface area contributed by atoms with Crippen molar-refractivity contribution in [1.82, 2.24) is 4.98 Å². The SMILES string of the molecule is N#Cc1ccc2ncc(F)cc2c1. The molecule has 0 atom stereocenters. The van der Waals surface area contributed by atoms with Crippen molar-refractivity contribution in [3.05, 3.63) is 41.8 Å². The summed E-state index contributed by atoms with van der Waals surface area (Å²) in [6.07, 6.45) is 1.16. The smallest absolute Gasteiger partial charge is 0.142 e. The first-order chi connectivity index (χ1) is 6.29. The van der Waals surface area contributed by atoms with E-state index in [4.69, 9.17) is 5.26 Å². The van der Waals surface area contributed by atoms with Gasteiger partial charge in [-0.1, -0.05) is 0 Å². The average Bonchev–Trinajstić information content (AvgIpc) is 2.16. The first-order valence-corrected chi connectivity index (χ1v) is 3.75. The number of hydrogen-bond donors (Lipinski definition) is 0. The van der Waals surface area contributed by atoms with E-state index in [1.807, 2.05) is 6.07 Å². The highest BCUT2D eigenvalue weighted by molar-refractivity contribution is 5.79. The van der Waals surface area contributed by atoms with Crippen molar-refractivity contribution < 1.29 is 4.39 Å². The van der Waals surface area contributed by atoms with E-state index in [2.05, 4.69) is 4.98 Å². The van der Waals surface area contributed by atoms with E-state index in [1.54, 1.807) is 18.2 Å². The van der Waals surface area contributed by atoms with Gasteiger partial charge in [-0.3, -0.25) is 4.98 Å². The standard InChI is InChI=1S/C10H5FN2/c11-9-4-8-3-7(5-12)1-2-10(8)13-6-9/h1-4,6H. The third-order valence-corrected chi connectivity index (χ3v) is 1.78. The molecule has 13 heavy (non-hydrogen) atoms. The van der Waals surface area contributed by atoms with Crippen LogP contribution in [0.5, 0.6) is 0 Å². The van der Waals surface area contributed by atoms with Crippen LogP contribution in [0.2, 0.25) is 0 Å². The molecule has 1 aromatic carbocycles. The topological polar surface area (TPSA) is 36.7 Å². The minimum absolute atomic E-state index is 0.386. The number of fused-ring (bicyclic) bond motifs is 1. The van der Waals surface area contributed by atoms with E-state index in [0.717, 1.165) is 6.20 Å². The molecule has 62 valence electrons. The highest BCUT2D eigenvalue weighted by Crippen LogP contribution is 2.14. The minimum atomic E-state index is -0.386. The molecule has 0 fully saturated rings. The molecule has 0 aliphatic rings. The maximum absolute atomic E-state index is 12.7. The van der Waals surface area contributed by atoms with Gasteiger partial charge in [0.25, 0.3) is 0 Å². The molecule has 2 aromatic rings. The molecule has 0 amide bonds. The van der Waals surface area contributed by atoms with Crippen molar-refractivity contribution in [3.8, 4) is 6.07 Å². The molecule has 0 bridgehead atoms. The zero-order chi connectivity index (χ0) is 9.26. The Labute approximate surface area is 74.3 Å². The van der Waals surface area contributed by atoms with E-state index in [9.17, 15) is 4.39 Å². The van der Waals surface area contributed by atoms with Crippen molar-refractivity contribution in [1.29, 1.82) is 5.26 Å². The van der Waals surface area contributed by atoms with Gasteiger partial charge in [0.15, 0.2) is 0 Å². The van der Waals surface area contributed by atoms with Crippen LogP contribution >= 0.6 is 0 Å². The summed E-state index contributed by atoms with van der Waals surface area (Å²) in [5.74, 6) is -0.386. The van der Waals surface area contributed by atoms with Crippen LogP contribution in [-0.4, -0.2) is 4.98 Å². The lowest BCUT2D eigenvalue weighted by molar-refractivity contribution is 0.624. The molecule has 0 saturated carbocycles. The Hall–Kier alpha value is -1.95. The van der Waals surface area contributed by atoms with Crippen molar-refractivity contribution in [3.63, 3.8) is 0 Å². The molecule has 0 N–H and O–H groups in total. The van der Waals surface area contributed by atoms with Crippen molar-refractivity contribution in [2.45, 2.75) is 0 Å². The van der Waals surface area contributed by atoms with Crippen LogP contribution in [0.15, 0.2) is 30.5 Å². The van der Waals surface area contributed by atoms with Gasteiger partial charge in [-0.05, 0) is 24.3 Å². The fourth-order valence-corrected chi connectivity index (χ4v) is 1.17. The molecule has 2 nitrogen and oxygen atoms in total. The summed E-state index contributed by atoms with van der Waals surface area (Å²) in [5, 5.41) is 9.25. The van der Waals surface area contributed by atoms with Crippen LogP contribution in [0, 0.1) is 17.1 Å². The molecule has 2 rings (SSSR count). The van der Waals surface area contributed by atoms with Gasteiger partial charge in [0.05, 0.1) is 23.3 Å². The van der Waals surface area contributed by atoms with Crippen LogP contribution in [-0.2, 0) is 0 Å². The normalized spacial score (nSPS) is 9.85. The van der Waals surface area contributed by atoms with E-state index >= 15 is 0 Å². The quantitative estimate of drug-likeness (QED) is 0.611. The highest BCUT2D eigenvalue weighted by atomic mass is 19.1. The summed E-state index contributed by atoms with van der Waals surface area (Å²) >= 11 is 0. The first kappa shape index (κ1) is 7.69. The largest absolute Gasteiger partial charge is 0.253 e. The van der Waals surface area contributed by atoms with Crippen LogP contribution in [0.3, 0.4) is 0 Å². The maximum atomic E-state index is 12.7. The minimum Gasteiger partial charge on any atom is -0.253 e. The second-order valence-corrected chi connectivity index (χ2v) is 2.67. The summed E-state index contributed by atoms with van der Waals surface area (Å²) in [4.78, 5) is 3.87. The number of aromatic nitrogens is 1. The molecule has 0 aliphatic heterocycles. The Kier molecular flexibility index (Phi) is 1.67. The van der Waals surface area contributed by atoms with E-state index in [-0.39, 0.29) is 5.82 Å². The number of pyridine rings is 1. The fraction of sp³-hybridized carbons (Fsp3) is 0. The first-order valence-electron chi connectivity index (χ1n) is 3.75. The van der Waals surface area contributed by atoms with Gasteiger partial charge in [0.1, 0.15) is 5.82 Å². The number of benzene rings is 1. The molecule has 0 unspecified atom stereocenters. The van der Waals surface area contributed by atoms with Crippen LogP contribution in [0.25, 0.3) is 10.9 Å². The lowest BCUT2D eigenvalue weighted by atomic mass is 10.1. The summed E-state index contributed by atoms with van der Waals surface area (Å²) < 4.78 is 12.7. The van der Waals surface area contributed by atoms with Gasteiger partial charge >= 0.3 is 0 Å². The second kappa shape index (κ2) is 2.83. The average molecular weight is 172 g/mol. The molecular formula is C10H5FN2. The molecule has 3 heteroatoms. The maximum Gasteiger partial charge on any atom is 0.142 e. The van der Waals surface area contributed by atoms with Gasteiger partial charge in [-0.2, -0.15) is 5.26 Å². The Morgan fingerprint density at radius 1 is 1.31 bits per heavy atom.